The first-order chi connectivity index (χ1) is 8.66. The molecular formula is C16H23NO. The molecule has 0 spiro atoms. The van der Waals surface area contributed by atoms with Crippen molar-refractivity contribution in [1.29, 1.82) is 0 Å². The van der Waals surface area contributed by atoms with Crippen molar-refractivity contribution in [3.8, 4) is 0 Å². The van der Waals surface area contributed by atoms with Crippen molar-refractivity contribution in [1.82, 2.24) is 4.90 Å². The van der Waals surface area contributed by atoms with E-state index in [-0.39, 0.29) is 5.78 Å². The molecule has 2 rings (SSSR count). The third kappa shape index (κ3) is 3.42. The predicted molar refractivity (Wildman–Crippen MR) is 74.8 cm³/mol. The van der Waals surface area contributed by atoms with Gasteiger partial charge in [-0.05, 0) is 24.8 Å². The molecule has 1 aromatic carbocycles. The molecule has 1 fully saturated rings. The first kappa shape index (κ1) is 13.3. The van der Waals surface area contributed by atoms with Gasteiger partial charge in [-0.1, -0.05) is 44.2 Å². The molecule has 98 valence electrons. The van der Waals surface area contributed by atoms with Gasteiger partial charge in [0.15, 0.2) is 5.78 Å². The van der Waals surface area contributed by atoms with Crippen LogP contribution < -0.4 is 0 Å². The van der Waals surface area contributed by atoms with Gasteiger partial charge in [-0.2, -0.15) is 0 Å². The van der Waals surface area contributed by atoms with Gasteiger partial charge >= 0.3 is 0 Å². The molecule has 0 amide bonds. The van der Waals surface area contributed by atoms with Gasteiger partial charge in [-0.15, -0.1) is 0 Å². The summed E-state index contributed by atoms with van der Waals surface area (Å²) in [6, 6.07) is 9.61. The Hall–Kier alpha value is -1.15. The summed E-state index contributed by atoms with van der Waals surface area (Å²) in [6.45, 7) is 8.09. The Bertz CT molecular complexity index is 377. The number of benzene rings is 1. The van der Waals surface area contributed by atoms with E-state index >= 15 is 0 Å². The lowest BCUT2D eigenvalue weighted by Crippen LogP contribution is -2.22. The van der Waals surface area contributed by atoms with Crippen molar-refractivity contribution in [2.75, 3.05) is 19.6 Å². The zero-order valence-corrected chi connectivity index (χ0v) is 11.4. The van der Waals surface area contributed by atoms with Crippen LogP contribution in [-0.4, -0.2) is 30.3 Å². The highest BCUT2D eigenvalue weighted by Gasteiger charge is 2.25. The molecule has 1 heterocycles. The number of hydrogen-bond acceptors (Lipinski definition) is 2. The number of Topliss-reactive ketones (excluding diaryl/α,β-unsaturated/α-hetero) is 1. The second-order valence-corrected chi connectivity index (χ2v) is 5.61. The van der Waals surface area contributed by atoms with Crippen LogP contribution in [0.1, 0.15) is 37.0 Å². The highest BCUT2D eigenvalue weighted by Crippen LogP contribution is 2.22. The van der Waals surface area contributed by atoms with E-state index in [1.54, 1.807) is 0 Å². The number of hydrogen-bond donors (Lipinski definition) is 0. The summed E-state index contributed by atoms with van der Waals surface area (Å²) in [6.07, 6.45) is 1.65. The average Bonchev–Trinajstić information content (AvgIpc) is 2.69. The van der Waals surface area contributed by atoms with Gasteiger partial charge in [0.1, 0.15) is 0 Å². The van der Waals surface area contributed by atoms with Crippen molar-refractivity contribution >= 4 is 5.78 Å². The summed E-state index contributed by atoms with van der Waals surface area (Å²) < 4.78 is 0. The Kier molecular flexibility index (Phi) is 4.54. The molecule has 2 unspecified atom stereocenters. The molecule has 0 aliphatic carbocycles. The minimum Gasteiger partial charge on any atom is -0.303 e. The van der Waals surface area contributed by atoms with E-state index in [1.165, 1.54) is 13.1 Å². The van der Waals surface area contributed by atoms with Crippen LogP contribution in [0.15, 0.2) is 30.3 Å². The zero-order valence-electron chi connectivity index (χ0n) is 11.4. The molecule has 2 atom stereocenters. The molecule has 0 radical (unpaired) electrons. The Labute approximate surface area is 110 Å². The number of carbonyl (C=O) groups excluding carboxylic acids is 1. The molecule has 18 heavy (non-hydrogen) atoms. The third-order valence-corrected chi connectivity index (χ3v) is 4.04. The van der Waals surface area contributed by atoms with Crippen LogP contribution in [0.5, 0.6) is 0 Å². The zero-order chi connectivity index (χ0) is 13.0. The van der Waals surface area contributed by atoms with Gasteiger partial charge < -0.3 is 4.90 Å². The monoisotopic (exact) mass is 245 g/mol. The van der Waals surface area contributed by atoms with Crippen molar-refractivity contribution in [3.63, 3.8) is 0 Å². The van der Waals surface area contributed by atoms with E-state index in [0.717, 1.165) is 30.4 Å². The van der Waals surface area contributed by atoms with Gasteiger partial charge in [0.05, 0.1) is 0 Å². The predicted octanol–water partition coefficient (Wildman–Crippen LogP) is 3.24. The largest absolute Gasteiger partial charge is 0.303 e. The van der Waals surface area contributed by atoms with Crippen molar-refractivity contribution in [2.24, 2.45) is 11.8 Å². The molecule has 2 nitrogen and oxygen atoms in total. The minimum atomic E-state index is 0.274. The van der Waals surface area contributed by atoms with E-state index in [9.17, 15) is 4.79 Å². The maximum Gasteiger partial charge on any atom is 0.162 e. The number of nitrogens with zero attached hydrogens (tertiary/aromatic N) is 1. The fourth-order valence-corrected chi connectivity index (χ4v) is 2.66. The smallest absolute Gasteiger partial charge is 0.162 e. The molecule has 0 saturated carbocycles. The van der Waals surface area contributed by atoms with Crippen LogP contribution in [0, 0.1) is 11.8 Å². The SMILES string of the molecule is CC1CN(CCCC(=O)c2ccccc2)CC1C. The highest BCUT2D eigenvalue weighted by molar-refractivity contribution is 5.95. The Balaban J connectivity index is 1.72. The quantitative estimate of drug-likeness (QED) is 0.742. The molecule has 1 aromatic rings. The van der Waals surface area contributed by atoms with Crippen LogP contribution in [0.3, 0.4) is 0 Å². The standard InChI is InChI=1S/C16H23NO/c1-13-11-17(12-14(13)2)10-6-9-16(18)15-7-4-3-5-8-15/h3-5,7-8,13-14H,6,9-12H2,1-2H3. The molecule has 2 heteroatoms. The molecule has 1 aliphatic heterocycles. The Morgan fingerprint density at radius 2 is 1.78 bits per heavy atom. The maximum absolute atomic E-state index is 11.9. The van der Waals surface area contributed by atoms with Crippen LogP contribution in [0.2, 0.25) is 0 Å². The maximum atomic E-state index is 11.9. The fraction of sp³-hybridized carbons (Fsp3) is 0.562. The second kappa shape index (κ2) is 6.14. The van der Waals surface area contributed by atoms with Crippen LogP contribution in [-0.2, 0) is 0 Å². The second-order valence-electron chi connectivity index (χ2n) is 5.61. The minimum absolute atomic E-state index is 0.274. The molecule has 0 N–H and O–H groups in total. The van der Waals surface area contributed by atoms with Crippen molar-refractivity contribution in [3.05, 3.63) is 35.9 Å². The van der Waals surface area contributed by atoms with E-state index in [2.05, 4.69) is 18.7 Å². The molecule has 1 saturated heterocycles. The Morgan fingerprint density at radius 1 is 1.17 bits per heavy atom. The van der Waals surface area contributed by atoms with E-state index < -0.39 is 0 Å². The van der Waals surface area contributed by atoms with Crippen molar-refractivity contribution in [2.45, 2.75) is 26.7 Å². The van der Waals surface area contributed by atoms with E-state index in [4.69, 9.17) is 0 Å². The van der Waals surface area contributed by atoms with Gasteiger partial charge in [-0.3, -0.25) is 4.79 Å². The number of carbonyl (C=O) groups is 1. The third-order valence-electron chi connectivity index (χ3n) is 4.04. The highest BCUT2D eigenvalue weighted by atomic mass is 16.1. The van der Waals surface area contributed by atoms with E-state index in [1.807, 2.05) is 30.3 Å². The molecule has 1 aliphatic rings. The summed E-state index contributed by atoms with van der Waals surface area (Å²) in [5, 5.41) is 0. The van der Waals surface area contributed by atoms with E-state index in [0.29, 0.717) is 6.42 Å². The van der Waals surface area contributed by atoms with Gasteiger partial charge in [0.2, 0.25) is 0 Å². The summed E-state index contributed by atoms with van der Waals surface area (Å²) in [5.74, 6) is 1.88. The lowest BCUT2D eigenvalue weighted by molar-refractivity contribution is 0.0976. The lowest BCUT2D eigenvalue weighted by atomic mass is 10.0. The normalized spacial score (nSPS) is 24.3. The Morgan fingerprint density at radius 3 is 2.39 bits per heavy atom. The van der Waals surface area contributed by atoms with Gasteiger partial charge in [0.25, 0.3) is 0 Å². The first-order valence-electron chi connectivity index (χ1n) is 6.97. The van der Waals surface area contributed by atoms with Crippen LogP contribution in [0.25, 0.3) is 0 Å². The van der Waals surface area contributed by atoms with Crippen LogP contribution in [0.4, 0.5) is 0 Å². The molecule has 0 bridgehead atoms. The van der Waals surface area contributed by atoms with Gasteiger partial charge in [-0.25, -0.2) is 0 Å². The van der Waals surface area contributed by atoms with Crippen molar-refractivity contribution < 1.29 is 4.79 Å². The number of likely N-dealkylation sites (tertiary alicyclic amines) is 1. The topological polar surface area (TPSA) is 20.3 Å². The number of rotatable bonds is 5. The lowest BCUT2D eigenvalue weighted by Gasteiger charge is -2.14. The first-order valence-corrected chi connectivity index (χ1v) is 6.97. The fourth-order valence-electron chi connectivity index (χ4n) is 2.66. The molecular weight excluding hydrogens is 222 g/mol. The summed E-state index contributed by atoms with van der Waals surface area (Å²) in [5.41, 5.74) is 0.848. The molecule has 0 aromatic heterocycles. The summed E-state index contributed by atoms with van der Waals surface area (Å²) >= 11 is 0. The number of ketones is 1. The summed E-state index contributed by atoms with van der Waals surface area (Å²) in [4.78, 5) is 14.4. The van der Waals surface area contributed by atoms with Crippen LogP contribution >= 0.6 is 0 Å². The average molecular weight is 245 g/mol. The summed E-state index contributed by atoms with van der Waals surface area (Å²) in [7, 11) is 0. The van der Waals surface area contributed by atoms with Gasteiger partial charge in [0, 0.05) is 25.1 Å².